The van der Waals surface area contributed by atoms with Gasteiger partial charge < -0.3 is 14.1 Å². The zero-order valence-electron chi connectivity index (χ0n) is 20.3. The van der Waals surface area contributed by atoms with Crippen LogP contribution >= 0.6 is 0 Å². The van der Waals surface area contributed by atoms with Crippen molar-refractivity contribution in [1.82, 2.24) is 0 Å². The average Bonchev–Trinajstić information content (AvgIpc) is 2.85. The van der Waals surface area contributed by atoms with Gasteiger partial charge in [-0.3, -0.25) is 4.79 Å². The Bertz CT molecular complexity index is 1110. The van der Waals surface area contributed by atoms with Gasteiger partial charge in [-0.05, 0) is 43.7 Å². The minimum absolute atomic E-state index is 0.196. The highest BCUT2D eigenvalue weighted by Gasteiger charge is 2.08. The van der Waals surface area contributed by atoms with Crippen molar-refractivity contribution < 1.29 is 18.5 Å². The number of hydrogen-bond donors (Lipinski definition) is 0. The van der Waals surface area contributed by atoms with E-state index in [1.54, 1.807) is 13.0 Å². The van der Waals surface area contributed by atoms with Crippen molar-refractivity contribution in [3.05, 3.63) is 70.3 Å². The number of anilines is 1. The van der Waals surface area contributed by atoms with Gasteiger partial charge >= 0.3 is 11.6 Å². The quantitative estimate of drug-likeness (QED) is 0.258. The van der Waals surface area contributed by atoms with E-state index in [1.165, 1.54) is 0 Å². The molecule has 0 amide bonds. The number of carbonyl (C=O) groups is 1. The second-order valence-electron chi connectivity index (χ2n) is 7.16. The Kier molecular flexibility index (Phi) is 10.3. The van der Waals surface area contributed by atoms with Crippen LogP contribution in [-0.2, 0) is 16.1 Å². The highest BCUT2D eigenvalue weighted by Crippen LogP contribution is 2.22. The zero-order chi connectivity index (χ0) is 24.2. The fourth-order valence-electron chi connectivity index (χ4n) is 3.30. The summed E-state index contributed by atoms with van der Waals surface area (Å²) in [5.41, 5.74) is 2.75. The van der Waals surface area contributed by atoms with E-state index in [0.717, 1.165) is 29.7 Å². The Morgan fingerprint density at radius 1 is 1.03 bits per heavy atom. The summed E-state index contributed by atoms with van der Waals surface area (Å²) < 4.78 is 12.6. The first-order valence-corrected chi connectivity index (χ1v) is 11.7. The lowest BCUT2D eigenvalue weighted by atomic mass is 10.1. The molecule has 0 saturated carbocycles. The SMILES string of the molecule is CC.CCC(=O)OCC[n+]1ccc(/C=C/c2cc3ccc(N(CC)CC)cc3oc2=O)cc1. The van der Waals surface area contributed by atoms with Crippen molar-refractivity contribution in [2.75, 3.05) is 24.6 Å². The summed E-state index contributed by atoms with van der Waals surface area (Å²) in [4.78, 5) is 25.8. The smallest absolute Gasteiger partial charge is 0.343 e. The number of hydrogen-bond acceptors (Lipinski definition) is 5. The van der Waals surface area contributed by atoms with Crippen LogP contribution in [0.4, 0.5) is 5.69 Å². The highest BCUT2D eigenvalue weighted by molar-refractivity contribution is 5.83. The van der Waals surface area contributed by atoms with E-state index in [4.69, 9.17) is 9.15 Å². The van der Waals surface area contributed by atoms with E-state index in [-0.39, 0.29) is 11.6 Å². The molecule has 0 unspecified atom stereocenters. The molecule has 0 saturated heterocycles. The molecule has 0 aliphatic heterocycles. The van der Waals surface area contributed by atoms with Gasteiger partial charge in [-0.1, -0.05) is 26.8 Å². The molecule has 2 aromatic heterocycles. The monoisotopic (exact) mass is 451 g/mol. The standard InChI is InChI=1S/C25H29N2O4.C2H6/c1-4-24(28)30-16-15-26-13-11-19(12-14-26)7-8-21-17-20-9-10-22(27(5-2)6-3)18-23(20)31-25(21)29;1-2/h7-14,17-18H,4-6,15-16H2,1-3H3;1-2H3/q+1;. The van der Waals surface area contributed by atoms with Gasteiger partial charge in [0.05, 0.1) is 5.56 Å². The van der Waals surface area contributed by atoms with Gasteiger partial charge in [-0.2, -0.15) is 0 Å². The molecular formula is C27H35N2O4+. The van der Waals surface area contributed by atoms with Crippen LogP contribution in [-0.4, -0.2) is 25.7 Å². The topological polar surface area (TPSA) is 63.6 Å². The third kappa shape index (κ3) is 7.31. The maximum Gasteiger partial charge on any atom is 0.343 e. The molecule has 6 heteroatoms. The van der Waals surface area contributed by atoms with Crippen molar-refractivity contribution in [3.63, 3.8) is 0 Å². The molecule has 0 bridgehead atoms. The van der Waals surface area contributed by atoms with Crippen molar-refractivity contribution >= 4 is 34.8 Å². The summed E-state index contributed by atoms with van der Waals surface area (Å²) in [6.07, 6.45) is 7.86. The Balaban J connectivity index is 0.00000187. The Hall–Kier alpha value is -3.41. The summed E-state index contributed by atoms with van der Waals surface area (Å²) in [5, 5.41) is 0.891. The normalized spacial score (nSPS) is 10.7. The molecule has 3 aromatic rings. The van der Waals surface area contributed by atoms with Gasteiger partial charge in [-0.15, -0.1) is 0 Å². The van der Waals surface area contributed by atoms with Crippen molar-refractivity contribution in [2.24, 2.45) is 0 Å². The number of esters is 1. The Morgan fingerprint density at radius 3 is 2.36 bits per heavy atom. The first kappa shape index (κ1) is 25.8. The van der Waals surface area contributed by atoms with Gasteiger partial charge in [-0.25, -0.2) is 9.36 Å². The van der Waals surface area contributed by atoms with Crippen LogP contribution in [0.15, 0.2) is 58.0 Å². The first-order valence-electron chi connectivity index (χ1n) is 11.7. The third-order valence-corrected chi connectivity index (χ3v) is 5.15. The lowest BCUT2D eigenvalue weighted by molar-refractivity contribution is -0.697. The van der Waals surface area contributed by atoms with Gasteiger partial charge in [0.1, 0.15) is 5.58 Å². The fraction of sp³-hybridized carbons (Fsp3) is 0.370. The highest BCUT2D eigenvalue weighted by atomic mass is 16.5. The van der Waals surface area contributed by atoms with E-state index in [9.17, 15) is 9.59 Å². The molecule has 176 valence electrons. The van der Waals surface area contributed by atoms with Crippen molar-refractivity contribution in [3.8, 4) is 0 Å². The van der Waals surface area contributed by atoms with Crippen LogP contribution in [0.5, 0.6) is 0 Å². The number of nitrogens with zero attached hydrogens (tertiary/aromatic N) is 2. The summed E-state index contributed by atoms with van der Waals surface area (Å²) in [6.45, 7) is 12.7. The maximum absolute atomic E-state index is 12.4. The Labute approximate surface area is 196 Å². The van der Waals surface area contributed by atoms with Crippen LogP contribution in [0.2, 0.25) is 0 Å². The fourth-order valence-corrected chi connectivity index (χ4v) is 3.30. The number of fused-ring (bicyclic) bond motifs is 1. The molecule has 1 aromatic carbocycles. The average molecular weight is 452 g/mol. The van der Waals surface area contributed by atoms with Crippen LogP contribution in [0.3, 0.4) is 0 Å². The predicted octanol–water partition coefficient (Wildman–Crippen LogP) is 5.08. The molecule has 0 radical (unpaired) electrons. The molecule has 0 aliphatic carbocycles. The molecule has 3 rings (SSSR count). The number of ether oxygens (including phenoxy) is 1. The lowest BCUT2D eigenvalue weighted by Gasteiger charge is -2.20. The van der Waals surface area contributed by atoms with Gasteiger partial charge in [0.2, 0.25) is 0 Å². The zero-order valence-corrected chi connectivity index (χ0v) is 20.3. The van der Waals surface area contributed by atoms with Gasteiger partial charge in [0.25, 0.3) is 0 Å². The van der Waals surface area contributed by atoms with E-state index in [2.05, 4.69) is 24.8 Å². The molecule has 0 N–H and O–H groups in total. The predicted molar refractivity (Wildman–Crippen MR) is 134 cm³/mol. The summed E-state index contributed by atoms with van der Waals surface area (Å²) >= 11 is 0. The number of pyridine rings is 1. The minimum atomic E-state index is -0.357. The Morgan fingerprint density at radius 2 is 1.73 bits per heavy atom. The van der Waals surface area contributed by atoms with Gasteiger partial charge in [0.15, 0.2) is 25.5 Å². The molecule has 2 heterocycles. The second kappa shape index (κ2) is 13.2. The molecule has 6 nitrogen and oxygen atoms in total. The largest absolute Gasteiger partial charge is 0.459 e. The third-order valence-electron chi connectivity index (χ3n) is 5.15. The summed E-state index contributed by atoms with van der Waals surface area (Å²) in [6, 6.07) is 11.7. The van der Waals surface area contributed by atoms with E-state index in [1.807, 2.05) is 67.2 Å². The number of benzene rings is 1. The van der Waals surface area contributed by atoms with Crippen molar-refractivity contribution in [1.29, 1.82) is 0 Å². The number of aromatic nitrogens is 1. The summed E-state index contributed by atoms with van der Waals surface area (Å²) in [7, 11) is 0. The summed E-state index contributed by atoms with van der Waals surface area (Å²) in [5.74, 6) is -0.196. The van der Waals surface area contributed by atoms with Crippen LogP contribution in [0.25, 0.3) is 23.1 Å². The molecular weight excluding hydrogens is 416 g/mol. The lowest BCUT2D eigenvalue weighted by Crippen LogP contribution is -2.35. The van der Waals surface area contributed by atoms with Crippen LogP contribution in [0, 0.1) is 0 Å². The number of rotatable bonds is 9. The van der Waals surface area contributed by atoms with Crippen molar-refractivity contribution in [2.45, 2.75) is 47.6 Å². The number of carbonyl (C=O) groups excluding carboxylic acids is 1. The molecule has 0 spiro atoms. The van der Waals surface area contributed by atoms with Crippen LogP contribution in [0.1, 0.15) is 52.2 Å². The molecule has 0 aliphatic rings. The molecule has 0 fully saturated rings. The second-order valence-corrected chi connectivity index (χ2v) is 7.16. The van der Waals surface area contributed by atoms with Crippen LogP contribution < -0.4 is 15.1 Å². The van der Waals surface area contributed by atoms with Gasteiger partial charge in [0, 0.05) is 48.8 Å². The molecule has 0 atom stereocenters. The van der Waals surface area contributed by atoms with E-state index < -0.39 is 0 Å². The maximum atomic E-state index is 12.4. The van der Waals surface area contributed by atoms with E-state index in [0.29, 0.717) is 30.7 Å². The first-order chi connectivity index (χ1) is 16.0. The van der Waals surface area contributed by atoms with E-state index >= 15 is 0 Å². The molecule has 33 heavy (non-hydrogen) atoms. The minimum Gasteiger partial charge on any atom is -0.459 e.